The van der Waals surface area contributed by atoms with Crippen LogP contribution in [0.2, 0.25) is 0 Å². The summed E-state index contributed by atoms with van der Waals surface area (Å²) < 4.78 is 2.55. The van der Waals surface area contributed by atoms with Crippen molar-refractivity contribution in [2.75, 3.05) is 6.54 Å². The Hall–Kier alpha value is -1.37. The van der Waals surface area contributed by atoms with Gasteiger partial charge in [0.15, 0.2) is 11.8 Å². The fourth-order valence-electron chi connectivity index (χ4n) is 2.90. The molecule has 2 aliphatic rings. The highest BCUT2D eigenvalue weighted by Gasteiger charge is 2.38. The minimum atomic E-state index is 0.580. The zero-order chi connectivity index (χ0) is 10.4. The van der Waals surface area contributed by atoms with Crippen molar-refractivity contribution in [2.45, 2.75) is 25.8 Å². The highest BCUT2D eigenvalue weighted by atomic mass is 15.1. The normalized spacial score (nSPS) is 22.9. The summed E-state index contributed by atoms with van der Waals surface area (Å²) in [5.74, 6) is 0. The molecule has 1 nitrogen and oxygen atoms in total. The fraction of sp³-hybridized carbons (Fsp3) is 0.357. The fourth-order valence-corrected chi connectivity index (χ4v) is 2.90. The van der Waals surface area contributed by atoms with Crippen LogP contribution in [0.25, 0.3) is 6.08 Å². The summed E-state index contributed by atoms with van der Waals surface area (Å²) >= 11 is 0. The number of hydrogen-bond acceptors (Lipinski definition) is 0. The van der Waals surface area contributed by atoms with E-state index in [2.05, 4.69) is 36.3 Å². The Morgan fingerprint density at radius 1 is 1.47 bits per heavy atom. The maximum Gasteiger partial charge on any atom is 0.184 e. The molecule has 1 unspecified atom stereocenters. The Morgan fingerprint density at radius 3 is 3.13 bits per heavy atom. The van der Waals surface area contributed by atoms with E-state index < -0.39 is 0 Å². The third kappa shape index (κ3) is 1.12. The van der Waals surface area contributed by atoms with E-state index in [0.717, 1.165) is 0 Å². The van der Waals surface area contributed by atoms with E-state index in [0.29, 0.717) is 6.04 Å². The van der Waals surface area contributed by atoms with Gasteiger partial charge in [-0.05, 0) is 11.6 Å². The largest absolute Gasteiger partial charge is 0.226 e. The monoisotopic (exact) mass is 198 g/mol. The Bertz CT molecular complexity index is 468. The second kappa shape index (κ2) is 3.06. The Balaban J connectivity index is 2.19. The van der Waals surface area contributed by atoms with Gasteiger partial charge in [0, 0.05) is 25.3 Å². The Kier molecular flexibility index (Phi) is 1.82. The molecule has 76 valence electrons. The smallest absolute Gasteiger partial charge is 0.184 e. The van der Waals surface area contributed by atoms with Crippen LogP contribution in [0, 0.1) is 0 Å². The van der Waals surface area contributed by atoms with Crippen LogP contribution in [0.5, 0.6) is 0 Å². The van der Waals surface area contributed by atoms with E-state index in [1.54, 1.807) is 5.71 Å². The second-order valence-corrected chi connectivity index (χ2v) is 4.47. The van der Waals surface area contributed by atoms with Crippen molar-refractivity contribution in [2.24, 2.45) is 0 Å². The summed E-state index contributed by atoms with van der Waals surface area (Å²) in [6.45, 7) is 7.38. The standard InChI is InChI=1S/C14H16N/c1-3-11-6-7-12-10(2)15-8-4-5-14(15)13(12)9-11/h3,6-7,9-10H,1,4-5,8H2,2H3/q+1. The molecule has 3 rings (SSSR count). The molecular weight excluding hydrogens is 182 g/mol. The first-order chi connectivity index (χ1) is 7.31. The van der Waals surface area contributed by atoms with Gasteiger partial charge in [0.2, 0.25) is 0 Å². The summed E-state index contributed by atoms with van der Waals surface area (Å²) in [6.07, 6.45) is 4.50. The van der Waals surface area contributed by atoms with E-state index >= 15 is 0 Å². The SMILES string of the molecule is C=Cc1ccc2c(c1)C1=[N+](CCC1)C2C. The quantitative estimate of drug-likeness (QED) is 0.610. The lowest BCUT2D eigenvalue weighted by atomic mass is 9.97. The zero-order valence-electron chi connectivity index (χ0n) is 9.16. The third-order valence-electron chi connectivity index (χ3n) is 3.70. The van der Waals surface area contributed by atoms with Crippen molar-refractivity contribution in [1.29, 1.82) is 0 Å². The van der Waals surface area contributed by atoms with Crippen LogP contribution in [0.15, 0.2) is 24.8 Å². The van der Waals surface area contributed by atoms with Crippen LogP contribution in [-0.4, -0.2) is 16.8 Å². The maximum absolute atomic E-state index is 3.84. The van der Waals surface area contributed by atoms with Gasteiger partial charge in [-0.2, -0.15) is 0 Å². The van der Waals surface area contributed by atoms with Crippen LogP contribution < -0.4 is 0 Å². The van der Waals surface area contributed by atoms with Crippen LogP contribution in [0.4, 0.5) is 0 Å². The predicted molar refractivity (Wildman–Crippen MR) is 63.4 cm³/mol. The van der Waals surface area contributed by atoms with Gasteiger partial charge in [-0.15, -0.1) is 0 Å². The summed E-state index contributed by atoms with van der Waals surface area (Å²) in [5.41, 5.74) is 5.76. The number of rotatable bonds is 1. The molecule has 2 aliphatic heterocycles. The van der Waals surface area contributed by atoms with Gasteiger partial charge in [-0.3, -0.25) is 0 Å². The van der Waals surface area contributed by atoms with E-state index in [1.165, 1.54) is 36.1 Å². The number of benzene rings is 1. The molecule has 0 N–H and O–H groups in total. The Morgan fingerprint density at radius 2 is 2.33 bits per heavy atom. The van der Waals surface area contributed by atoms with Crippen LogP contribution in [0.1, 0.15) is 42.5 Å². The second-order valence-electron chi connectivity index (χ2n) is 4.47. The molecule has 0 saturated carbocycles. The number of fused-ring (bicyclic) bond motifs is 2. The molecule has 2 heterocycles. The predicted octanol–water partition coefficient (Wildman–Crippen LogP) is 3.00. The highest BCUT2D eigenvalue weighted by molar-refractivity contribution is 6.01. The highest BCUT2D eigenvalue weighted by Crippen LogP contribution is 2.34. The topological polar surface area (TPSA) is 3.01 Å². The maximum atomic E-state index is 3.84. The van der Waals surface area contributed by atoms with E-state index in [1.807, 2.05) is 6.08 Å². The summed E-state index contributed by atoms with van der Waals surface area (Å²) in [4.78, 5) is 0. The summed E-state index contributed by atoms with van der Waals surface area (Å²) in [7, 11) is 0. The van der Waals surface area contributed by atoms with Crippen molar-refractivity contribution < 1.29 is 4.58 Å². The molecule has 0 radical (unpaired) electrons. The summed E-state index contributed by atoms with van der Waals surface area (Å²) in [6, 6.07) is 7.31. The van der Waals surface area contributed by atoms with Crippen LogP contribution in [0.3, 0.4) is 0 Å². The number of nitrogens with zero attached hydrogens (tertiary/aromatic N) is 1. The zero-order valence-corrected chi connectivity index (χ0v) is 9.16. The molecule has 1 heteroatoms. The lowest BCUT2D eigenvalue weighted by Gasteiger charge is -2.04. The van der Waals surface area contributed by atoms with E-state index in [9.17, 15) is 0 Å². The van der Waals surface area contributed by atoms with Gasteiger partial charge in [0.05, 0.1) is 5.56 Å². The van der Waals surface area contributed by atoms with Crippen molar-refractivity contribution in [3.8, 4) is 0 Å². The lowest BCUT2D eigenvalue weighted by molar-refractivity contribution is -0.556. The molecular formula is C14H16N+. The molecule has 1 aromatic carbocycles. The molecule has 0 fully saturated rings. The van der Waals surface area contributed by atoms with Crippen molar-refractivity contribution >= 4 is 11.8 Å². The molecule has 0 aliphatic carbocycles. The minimum absolute atomic E-state index is 0.580. The average Bonchev–Trinajstić information content (AvgIpc) is 2.83. The molecule has 15 heavy (non-hydrogen) atoms. The number of hydrogen-bond donors (Lipinski definition) is 0. The van der Waals surface area contributed by atoms with E-state index in [-0.39, 0.29) is 0 Å². The minimum Gasteiger partial charge on any atom is -0.226 e. The van der Waals surface area contributed by atoms with Gasteiger partial charge in [0.25, 0.3) is 0 Å². The van der Waals surface area contributed by atoms with Gasteiger partial charge >= 0.3 is 0 Å². The van der Waals surface area contributed by atoms with Gasteiger partial charge in [0.1, 0.15) is 6.54 Å². The molecule has 0 saturated heterocycles. The van der Waals surface area contributed by atoms with Crippen LogP contribution >= 0.6 is 0 Å². The van der Waals surface area contributed by atoms with Crippen LogP contribution in [-0.2, 0) is 0 Å². The molecule has 1 atom stereocenters. The summed E-state index contributed by atoms with van der Waals surface area (Å²) in [5, 5.41) is 0. The Labute approximate surface area is 90.8 Å². The first-order valence-corrected chi connectivity index (χ1v) is 5.70. The van der Waals surface area contributed by atoms with E-state index in [4.69, 9.17) is 0 Å². The van der Waals surface area contributed by atoms with Crippen molar-refractivity contribution in [3.63, 3.8) is 0 Å². The van der Waals surface area contributed by atoms with Crippen molar-refractivity contribution in [1.82, 2.24) is 0 Å². The van der Waals surface area contributed by atoms with Gasteiger partial charge in [-0.25, -0.2) is 4.58 Å². The molecule has 1 aromatic rings. The van der Waals surface area contributed by atoms with Gasteiger partial charge < -0.3 is 0 Å². The van der Waals surface area contributed by atoms with Gasteiger partial charge in [-0.1, -0.05) is 24.8 Å². The molecule has 0 aromatic heterocycles. The lowest BCUT2D eigenvalue weighted by Crippen LogP contribution is -2.11. The molecule has 0 spiro atoms. The first kappa shape index (κ1) is 8.90. The molecule has 0 bridgehead atoms. The first-order valence-electron chi connectivity index (χ1n) is 5.70. The van der Waals surface area contributed by atoms with Crippen molar-refractivity contribution in [3.05, 3.63) is 41.5 Å². The third-order valence-corrected chi connectivity index (χ3v) is 3.70. The molecule has 0 amide bonds. The average molecular weight is 198 g/mol.